The van der Waals surface area contributed by atoms with Gasteiger partial charge in [0.2, 0.25) is 0 Å². The van der Waals surface area contributed by atoms with Crippen molar-refractivity contribution in [1.82, 2.24) is 10.2 Å². The summed E-state index contributed by atoms with van der Waals surface area (Å²) < 4.78 is 24.6. The van der Waals surface area contributed by atoms with Crippen molar-refractivity contribution in [3.05, 3.63) is 78.1 Å². The number of aromatic amines is 1. The first-order valence-electron chi connectivity index (χ1n) is 9.19. The van der Waals surface area contributed by atoms with Crippen LogP contribution in [0.4, 0.5) is 20.7 Å². The molecule has 1 aromatic heterocycles. The van der Waals surface area contributed by atoms with E-state index in [2.05, 4.69) is 20.8 Å². The second-order valence-electron chi connectivity index (χ2n) is 6.47. The van der Waals surface area contributed by atoms with Gasteiger partial charge in [0, 0.05) is 22.7 Å². The van der Waals surface area contributed by atoms with Gasteiger partial charge in [0.1, 0.15) is 23.9 Å². The van der Waals surface area contributed by atoms with Crippen molar-refractivity contribution in [3.8, 4) is 11.5 Å². The number of H-pyrrole nitrogens is 1. The third-order valence-corrected chi connectivity index (χ3v) is 4.45. The lowest BCUT2D eigenvalue weighted by Crippen LogP contribution is -2.19. The maximum Gasteiger partial charge on any atom is 0.324 e. The summed E-state index contributed by atoms with van der Waals surface area (Å²) in [5.41, 5.74) is 1.77. The van der Waals surface area contributed by atoms with Crippen LogP contribution >= 0.6 is 0 Å². The van der Waals surface area contributed by atoms with Crippen molar-refractivity contribution in [2.75, 3.05) is 17.7 Å². The third kappa shape index (κ3) is 4.33. The Morgan fingerprint density at radius 3 is 2.73 bits per heavy atom. The number of nitrogens with one attached hydrogen (secondary N) is 3. The Balaban J connectivity index is 1.47. The number of methoxy groups -OCH3 is 1. The molecule has 2 amide bonds. The largest absolute Gasteiger partial charge is 0.497 e. The molecule has 0 fully saturated rings. The van der Waals surface area contributed by atoms with E-state index >= 15 is 0 Å². The lowest BCUT2D eigenvalue weighted by Gasteiger charge is -2.09. The van der Waals surface area contributed by atoms with Crippen molar-refractivity contribution in [2.45, 2.75) is 6.61 Å². The highest BCUT2D eigenvalue weighted by Gasteiger charge is 2.11. The van der Waals surface area contributed by atoms with Crippen LogP contribution in [0.5, 0.6) is 11.5 Å². The summed E-state index contributed by atoms with van der Waals surface area (Å²) in [7, 11) is 1.56. The van der Waals surface area contributed by atoms with Gasteiger partial charge in [-0.2, -0.15) is 5.10 Å². The van der Waals surface area contributed by atoms with Gasteiger partial charge in [-0.1, -0.05) is 24.3 Å². The molecule has 0 radical (unpaired) electrons. The molecular weight excluding hydrogens is 387 g/mol. The highest BCUT2D eigenvalue weighted by atomic mass is 19.1. The molecule has 30 heavy (non-hydrogen) atoms. The Labute approximate surface area is 171 Å². The lowest BCUT2D eigenvalue weighted by atomic mass is 10.2. The third-order valence-electron chi connectivity index (χ3n) is 4.45. The molecule has 152 valence electrons. The normalized spacial score (nSPS) is 10.6. The fourth-order valence-corrected chi connectivity index (χ4v) is 2.93. The molecule has 0 unspecified atom stereocenters. The summed E-state index contributed by atoms with van der Waals surface area (Å²) in [6.07, 6.45) is 0. The fraction of sp³-hybridized carbons (Fsp3) is 0.0909. The Hall–Kier alpha value is -4.07. The Morgan fingerprint density at radius 1 is 1.03 bits per heavy atom. The van der Waals surface area contributed by atoms with Crippen molar-refractivity contribution in [2.24, 2.45) is 0 Å². The van der Waals surface area contributed by atoms with Crippen LogP contribution in [0.1, 0.15) is 5.56 Å². The number of anilines is 2. The number of hydrogen-bond donors (Lipinski definition) is 3. The van der Waals surface area contributed by atoms with E-state index in [0.717, 1.165) is 5.52 Å². The molecule has 0 atom stereocenters. The van der Waals surface area contributed by atoms with Gasteiger partial charge in [0.15, 0.2) is 5.82 Å². The smallest absolute Gasteiger partial charge is 0.324 e. The molecule has 0 bridgehead atoms. The highest BCUT2D eigenvalue weighted by Crippen LogP contribution is 2.26. The molecule has 0 spiro atoms. The van der Waals surface area contributed by atoms with Crippen LogP contribution in [-0.2, 0) is 6.61 Å². The number of urea groups is 1. The zero-order valence-corrected chi connectivity index (χ0v) is 16.1. The van der Waals surface area contributed by atoms with Crippen molar-refractivity contribution in [1.29, 1.82) is 0 Å². The first kappa shape index (κ1) is 19.3. The maximum absolute atomic E-state index is 13.8. The summed E-state index contributed by atoms with van der Waals surface area (Å²) >= 11 is 0. The quantitative estimate of drug-likeness (QED) is 0.423. The van der Waals surface area contributed by atoms with E-state index in [1.807, 2.05) is 0 Å². The number of aromatic nitrogens is 2. The number of rotatable bonds is 6. The molecule has 3 N–H and O–H groups in total. The number of amides is 2. The monoisotopic (exact) mass is 406 g/mol. The summed E-state index contributed by atoms with van der Waals surface area (Å²) in [6.45, 7) is 0.0924. The molecule has 3 aromatic carbocycles. The van der Waals surface area contributed by atoms with Gasteiger partial charge in [-0.15, -0.1) is 0 Å². The van der Waals surface area contributed by atoms with Gasteiger partial charge in [-0.25, -0.2) is 9.18 Å². The molecule has 8 heteroatoms. The van der Waals surface area contributed by atoms with E-state index < -0.39 is 6.03 Å². The van der Waals surface area contributed by atoms with E-state index in [-0.39, 0.29) is 12.4 Å². The van der Waals surface area contributed by atoms with Crippen LogP contribution in [-0.4, -0.2) is 23.3 Å². The average Bonchev–Trinajstić information content (AvgIpc) is 3.15. The molecular formula is C22H19FN4O3. The van der Waals surface area contributed by atoms with E-state index in [1.165, 1.54) is 6.07 Å². The number of carbonyl (C=O) groups excluding carboxylic acids is 1. The number of benzene rings is 3. The Bertz CT molecular complexity index is 1190. The van der Waals surface area contributed by atoms with Gasteiger partial charge < -0.3 is 14.8 Å². The SMILES string of the molecule is COc1cccc(NC(=O)Nc2n[nH]c3ccc(OCc4ccccc4F)cc23)c1. The fourth-order valence-electron chi connectivity index (χ4n) is 2.93. The Kier molecular flexibility index (Phi) is 5.47. The highest BCUT2D eigenvalue weighted by molar-refractivity contribution is 6.04. The maximum atomic E-state index is 13.8. The van der Waals surface area contributed by atoms with Crippen LogP contribution in [0.3, 0.4) is 0 Å². The number of fused-ring (bicyclic) bond motifs is 1. The minimum absolute atomic E-state index is 0.0924. The van der Waals surface area contributed by atoms with E-state index in [9.17, 15) is 9.18 Å². The van der Waals surface area contributed by atoms with Crippen LogP contribution in [0.15, 0.2) is 66.7 Å². The standard InChI is InChI=1S/C22H19FN4O3/c1-29-16-7-4-6-15(11-16)24-22(28)25-21-18-12-17(9-10-20(18)26-27-21)30-13-14-5-2-3-8-19(14)23/h2-12H,13H2,1H3,(H3,24,25,26,27,28). The van der Waals surface area contributed by atoms with Gasteiger partial charge in [-0.3, -0.25) is 10.4 Å². The van der Waals surface area contributed by atoms with Gasteiger partial charge >= 0.3 is 6.03 Å². The number of ether oxygens (including phenoxy) is 2. The van der Waals surface area contributed by atoms with Gasteiger partial charge in [0.05, 0.1) is 12.6 Å². The zero-order chi connectivity index (χ0) is 20.9. The van der Waals surface area contributed by atoms with Gasteiger partial charge in [0.25, 0.3) is 0 Å². The topological polar surface area (TPSA) is 88.3 Å². The summed E-state index contributed by atoms with van der Waals surface area (Å²) in [4.78, 5) is 12.4. The predicted octanol–water partition coefficient (Wildman–Crippen LogP) is 4.93. The minimum atomic E-state index is -0.450. The van der Waals surface area contributed by atoms with Crippen molar-refractivity contribution in [3.63, 3.8) is 0 Å². The summed E-state index contributed by atoms with van der Waals surface area (Å²) in [6, 6.07) is 18.3. The summed E-state index contributed by atoms with van der Waals surface area (Å²) in [5.74, 6) is 1.19. The van der Waals surface area contributed by atoms with E-state index in [1.54, 1.807) is 67.8 Å². The average molecular weight is 406 g/mol. The van der Waals surface area contributed by atoms with E-state index in [4.69, 9.17) is 9.47 Å². The Morgan fingerprint density at radius 2 is 1.90 bits per heavy atom. The molecule has 0 aliphatic carbocycles. The molecule has 7 nitrogen and oxygen atoms in total. The van der Waals surface area contributed by atoms with Crippen LogP contribution in [0.25, 0.3) is 10.9 Å². The molecule has 4 rings (SSSR count). The zero-order valence-electron chi connectivity index (χ0n) is 16.1. The predicted molar refractivity (Wildman–Crippen MR) is 112 cm³/mol. The molecule has 0 saturated carbocycles. The minimum Gasteiger partial charge on any atom is -0.497 e. The molecule has 0 aliphatic rings. The van der Waals surface area contributed by atoms with Crippen LogP contribution < -0.4 is 20.1 Å². The van der Waals surface area contributed by atoms with Crippen molar-refractivity contribution < 1.29 is 18.7 Å². The second kappa shape index (κ2) is 8.52. The second-order valence-corrected chi connectivity index (χ2v) is 6.47. The molecule has 0 saturated heterocycles. The number of carbonyl (C=O) groups is 1. The van der Waals surface area contributed by atoms with Gasteiger partial charge in [-0.05, 0) is 36.4 Å². The number of nitrogens with zero attached hydrogens (tertiary/aromatic N) is 1. The lowest BCUT2D eigenvalue weighted by molar-refractivity contribution is 0.262. The first-order valence-corrected chi connectivity index (χ1v) is 9.19. The van der Waals surface area contributed by atoms with Crippen molar-refractivity contribution >= 4 is 28.4 Å². The molecule has 4 aromatic rings. The summed E-state index contributed by atoms with van der Waals surface area (Å²) in [5, 5.41) is 13.1. The number of halogens is 1. The molecule has 1 heterocycles. The number of hydrogen-bond acceptors (Lipinski definition) is 4. The van der Waals surface area contributed by atoms with Crippen LogP contribution in [0, 0.1) is 5.82 Å². The van der Waals surface area contributed by atoms with Crippen LogP contribution in [0.2, 0.25) is 0 Å². The first-order chi connectivity index (χ1) is 14.6. The molecule has 0 aliphatic heterocycles. The van der Waals surface area contributed by atoms with E-state index in [0.29, 0.717) is 34.0 Å².